The smallest absolute Gasteiger partial charge is 0.254 e. The van der Waals surface area contributed by atoms with E-state index in [1.807, 2.05) is 6.07 Å². The van der Waals surface area contributed by atoms with Crippen LogP contribution in [0.15, 0.2) is 57.9 Å². The number of fused-ring (bicyclic) bond motifs is 1. The lowest BCUT2D eigenvalue weighted by Gasteiger charge is -2.02. The molecular formula is C17H10ClN3O2. The number of benzene rings is 2. The Morgan fingerprint density at radius 2 is 1.91 bits per heavy atom. The second-order valence-corrected chi connectivity index (χ2v) is 5.22. The molecule has 3 rings (SSSR count). The van der Waals surface area contributed by atoms with Crippen molar-refractivity contribution in [2.75, 3.05) is 0 Å². The third kappa shape index (κ3) is 3.07. The van der Waals surface area contributed by atoms with Crippen molar-refractivity contribution in [3.63, 3.8) is 0 Å². The first kappa shape index (κ1) is 14.8. The van der Waals surface area contributed by atoms with E-state index in [2.05, 4.69) is 4.99 Å². The highest BCUT2D eigenvalue weighted by atomic mass is 35.5. The largest absolute Gasteiger partial charge is 0.438 e. The first-order valence-electron chi connectivity index (χ1n) is 6.65. The number of nitrogens with two attached hydrogens (primary N) is 1. The standard InChI is InChI=1S/C17H10ClN3O2/c18-12-3-6-15-11(7-12)8-14(16(20)22)17(23-15)21-13-4-1-10(9-19)2-5-13/h1-8H,(H2,20,22). The molecule has 0 saturated heterocycles. The molecule has 2 aromatic carbocycles. The SMILES string of the molecule is N#Cc1ccc(N=c2oc3ccc(Cl)cc3cc2C(N)=O)cc1. The zero-order valence-electron chi connectivity index (χ0n) is 11.8. The Bertz CT molecular complexity index is 1010. The van der Waals surface area contributed by atoms with E-state index in [0.29, 0.717) is 27.2 Å². The van der Waals surface area contributed by atoms with Crippen molar-refractivity contribution in [2.24, 2.45) is 10.7 Å². The number of nitriles is 1. The van der Waals surface area contributed by atoms with Gasteiger partial charge in [-0.15, -0.1) is 0 Å². The first-order chi connectivity index (χ1) is 11.1. The van der Waals surface area contributed by atoms with Crippen LogP contribution >= 0.6 is 11.6 Å². The number of nitrogens with zero attached hydrogens (tertiary/aromatic N) is 2. The fourth-order valence-corrected chi connectivity index (χ4v) is 2.27. The van der Waals surface area contributed by atoms with Gasteiger partial charge in [-0.2, -0.15) is 5.26 Å². The second-order valence-electron chi connectivity index (χ2n) is 4.78. The number of amides is 1. The summed E-state index contributed by atoms with van der Waals surface area (Å²) in [5.74, 6) is -0.650. The van der Waals surface area contributed by atoms with Crippen molar-refractivity contribution < 1.29 is 9.21 Å². The van der Waals surface area contributed by atoms with Crippen molar-refractivity contribution in [2.45, 2.75) is 0 Å². The molecule has 0 unspecified atom stereocenters. The normalized spacial score (nSPS) is 11.4. The fourth-order valence-electron chi connectivity index (χ4n) is 2.09. The van der Waals surface area contributed by atoms with Crippen LogP contribution in [0.2, 0.25) is 5.02 Å². The third-order valence-corrected chi connectivity index (χ3v) is 3.44. The van der Waals surface area contributed by atoms with Gasteiger partial charge in [-0.3, -0.25) is 4.79 Å². The molecule has 0 radical (unpaired) electrons. The summed E-state index contributed by atoms with van der Waals surface area (Å²) < 4.78 is 5.68. The Hall–Kier alpha value is -3.10. The van der Waals surface area contributed by atoms with E-state index in [-0.39, 0.29) is 11.1 Å². The summed E-state index contributed by atoms with van der Waals surface area (Å²) in [7, 11) is 0. The van der Waals surface area contributed by atoms with Crippen LogP contribution < -0.4 is 11.3 Å². The first-order valence-corrected chi connectivity index (χ1v) is 7.03. The molecule has 23 heavy (non-hydrogen) atoms. The van der Waals surface area contributed by atoms with Gasteiger partial charge in [0.25, 0.3) is 5.91 Å². The van der Waals surface area contributed by atoms with Gasteiger partial charge in [0.2, 0.25) is 5.55 Å². The molecule has 0 atom stereocenters. The molecule has 5 nitrogen and oxygen atoms in total. The van der Waals surface area contributed by atoms with Crippen LogP contribution in [0.3, 0.4) is 0 Å². The lowest BCUT2D eigenvalue weighted by atomic mass is 10.2. The second kappa shape index (κ2) is 5.95. The monoisotopic (exact) mass is 323 g/mol. The van der Waals surface area contributed by atoms with Gasteiger partial charge in [-0.25, -0.2) is 4.99 Å². The highest BCUT2D eigenvalue weighted by Crippen LogP contribution is 2.19. The number of hydrogen-bond donors (Lipinski definition) is 1. The van der Waals surface area contributed by atoms with Crippen molar-refractivity contribution in [3.8, 4) is 6.07 Å². The quantitative estimate of drug-likeness (QED) is 0.784. The van der Waals surface area contributed by atoms with E-state index in [1.165, 1.54) is 0 Å². The van der Waals surface area contributed by atoms with Gasteiger partial charge in [-0.1, -0.05) is 11.6 Å². The molecule has 0 aliphatic rings. The summed E-state index contributed by atoms with van der Waals surface area (Å²) in [6.45, 7) is 0. The topological polar surface area (TPSA) is 92.4 Å². The van der Waals surface area contributed by atoms with Crippen LogP contribution in [0.1, 0.15) is 15.9 Å². The van der Waals surface area contributed by atoms with Crippen molar-refractivity contribution >= 4 is 34.2 Å². The molecule has 1 amide bonds. The maximum absolute atomic E-state index is 11.7. The van der Waals surface area contributed by atoms with Crippen molar-refractivity contribution in [3.05, 3.63) is 70.2 Å². The highest BCUT2D eigenvalue weighted by molar-refractivity contribution is 6.31. The van der Waals surface area contributed by atoms with E-state index in [0.717, 1.165) is 0 Å². The molecule has 0 bridgehead atoms. The molecule has 2 N–H and O–H groups in total. The Balaban J connectivity index is 2.23. The van der Waals surface area contributed by atoms with E-state index in [1.54, 1.807) is 48.5 Å². The predicted octanol–water partition coefficient (Wildman–Crippen LogP) is 3.29. The average Bonchev–Trinajstić information content (AvgIpc) is 2.55. The average molecular weight is 324 g/mol. The van der Waals surface area contributed by atoms with Gasteiger partial charge in [0.05, 0.1) is 17.3 Å². The zero-order chi connectivity index (χ0) is 16.4. The van der Waals surface area contributed by atoms with Gasteiger partial charge in [0.15, 0.2) is 0 Å². The lowest BCUT2D eigenvalue weighted by molar-refractivity contribution is 0.0996. The Kier molecular flexibility index (Phi) is 3.83. The fraction of sp³-hybridized carbons (Fsp3) is 0. The maximum atomic E-state index is 11.7. The number of hydrogen-bond acceptors (Lipinski definition) is 4. The zero-order valence-corrected chi connectivity index (χ0v) is 12.5. The minimum Gasteiger partial charge on any atom is -0.438 e. The Morgan fingerprint density at radius 1 is 1.17 bits per heavy atom. The van der Waals surface area contributed by atoms with Crippen LogP contribution in [0.4, 0.5) is 5.69 Å². The van der Waals surface area contributed by atoms with Crippen molar-refractivity contribution in [1.29, 1.82) is 5.26 Å². The van der Waals surface area contributed by atoms with Crippen molar-refractivity contribution in [1.82, 2.24) is 0 Å². The van der Waals surface area contributed by atoms with E-state index < -0.39 is 5.91 Å². The molecule has 3 aromatic rings. The van der Waals surface area contributed by atoms with E-state index >= 15 is 0 Å². The number of halogens is 1. The number of rotatable bonds is 2. The van der Waals surface area contributed by atoms with E-state index in [4.69, 9.17) is 27.0 Å². The molecule has 112 valence electrons. The van der Waals surface area contributed by atoms with Gasteiger partial charge in [0, 0.05) is 10.4 Å². The van der Waals surface area contributed by atoms with Crippen LogP contribution in [0.5, 0.6) is 0 Å². The molecule has 0 spiro atoms. The number of primary amides is 1. The molecular weight excluding hydrogens is 314 g/mol. The van der Waals surface area contributed by atoms with Gasteiger partial charge < -0.3 is 10.2 Å². The Morgan fingerprint density at radius 3 is 2.57 bits per heavy atom. The summed E-state index contributed by atoms with van der Waals surface area (Å²) in [5, 5.41) is 9.99. The molecule has 0 saturated carbocycles. The van der Waals surface area contributed by atoms with Gasteiger partial charge in [0.1, 0.15) is 11.1 Å². The van der Waals surface area contributed by atoms with Crippen LogP contribution in [-0.4, -0.2) is 5.91 Å². The summed E-state index contributed by atoms with van der Waals surface area (Å²) >= 11 is 5.94. The van der Waals surface area contributed by atoms with Crippen LogP contribution in [0.25, 0.3) is 11.0 Å². The summed E-state index contributed by atoms with van der Waals surface area (Å²) in [5.41, 5.74) is 7.27. The predicted molar refractivity (Wildman–Crippen MR) is 86.1 cm³/mol. The molecule has 0 aliphatic heterocycles. The molecule has 1 aromatic heterocycles. The third-order valence-electron chi connectivity index (χ3n) is 3.20. The maximum Gasteiger partial charge on any atom is 0.254 e. The molecule has 0 aliphatic carbocycles. The molecule has 0 fully saturated rings. The highest BCUT2D eigenvalue weighted by Gasteiger charge is 2.09. The molecule has 6 heteroatoms. The van der Waals surface area contributed by atoms with Gasteiger partial charge in [-0.05, 0) is 48.5 Å². The number of carbonyl (C=O) groups is 1. The lowest BCUT2D eigenvalue weighted by Crippen LogP contribution is -2.21. The number of carbonyl (C=O) groups excluding carboxylic acids is 1. The molecule has 1 heterocycles. The minimum absolute atomic E-state index is 0.108. The summed E-state index contributed by atoms with van der Waals surface area (Å²) in [4.78, 5) is 16.0. The van der Waals surface area contributed by atoms with E-state index in [9.17, 15) is 4.79 Å². The minimum atomic E-state index is -0.650. The van der Waals surface area contributed by atoms with Gasteiger partial charge >= 0.3 is 0 Å². The Labute approximate surface area is 136 Å². The summed E-state index contributed by atoms with van der Waals surface area (Å²) in [6, 6.07) is 15.2. The van der Waals surface area contributed by atoms with Crippen LogP contribution in [0, 0.1) is 11.3 Å². The summed E-state index contributed by atoms with van der Waals surface area (Å²) in [6.07, 6.45) is 0. The van der Waals surface area contributed by atoms with Crippen LogP contribution in [-0.2, 0) is 0 Å².